The summed E-state index contributed by atoms with van der Waals surface area (Å²) in [5.41, 5.74) is 3.21. The molecular weight excluding hydrogens is 465 g/mol. The van der Waals surface area contributed by atoms with Crippen LogP contribution in [0.5, 0.6) is 5.75 Å². The van der Waals surface area contributed by atoms with E-state index in [1.54, 1.807) is 23.1 Å². The van der Waals surface area contributed by atoms with E-state index in [2.05, 4.69) is 19.1 Å². The second kappa shape index (κ2) is 10.6. The third-order valence-corrected chi connectivity index (χ3v) is 5.92. The highest BCUT2D eigenvalue weighted by atomic mass is 35.5. The molecule has 0 spiro atoms. The summed E-state index contributed by atoms with van der Waals surface area (Å²) in [4.78, 5) is 21.5. The summed E-state index contributed by atoms with van der Waals surface area (Å²) in [5.74, 6) is 0.249. The van der Waals surface area contributed by atoms with Crippen molar-refractivity contribution in [3.8, 4) is 5.75 Å². The predicted octanol–water partition coefficient (Wildman–Crippen LogP) is 5.62. The lowest BCUT2D eigenvalue weighted by molar-refractivity contribution is -0.120. The normalized spacial score (nSPS) is 10.9. The number of carbonyl (C=O) groups excluding carboxylic acids is 1. The Hall–Kier alpha value is -1.57. The number of anilines is 1. The number of halogens is 3. The van der Waals surface area contributed by atoms with Gasteiger partial charge in [-0.25, -0.2) is 4.98 Å². The van der Waals surface area contributed by atoms with Crippen LogP contribution in [0.2, 0.25) is 10.0 Å². The molecule has 1 aromatic heterocycles. The van der Waals surface area contributed by atoms with Crippen LogP contribution in [0.15, 0.2) is 30.3 Å². The lowest BCUT2D eigenvalue weighted by Crippen LogP contribution is -2.39. The standard InChI is InChI=1S/C21H23Cl2N3O2S.ClH/c1-13-9-14(2)20-18(10-13)29-21(24-20)26(8-7-25(3)4)19(27)12-28-17-6-5-15(22)11-16(17)23;/h5-6,9-11H,7-8,12H2,1-4H3;1H. The van der Waals surface area contributed by atoms with Gasteiger partial charge >= 0.3 is 0 Å². The number of ether oxygens (including phenoxy) is 1. The molecule has 0 radical (unpaired) electrons. The Morgan fingerprint density at radius 1 is 1.13 bits per heavy atom. The summed E-state index contributed by atoms with van der Waals surface area (Å²) >= 11 is 13.6. The molecule has 0 aliphatic carbocycles. The van der Waals surface area contributed by atoms with Crippen LogP contribution in [0.1, 0.15) is 11.1 Å². The number of aromatic nitrogens is 1. The second-order valence-corrected chi connectivity index (χ2v) is 8.99. The van der Waals surface area contributed by atoms with Crippen molar-refractivity contribution in [2.75, 3.05) is 38.7 Å². The fourth-order valence-corrected chi connectivity index (χ4v) is 4.56. The summed E-state index contributed by atoms with van der Waals surface area (Å²) < 4.78 is 6.73. The Morgan fingerprint density at radius 3 is 2.53 bits per heavy atom. The molecule has 5 nitrogen and oxygen atoms in total. The van der Waals surface area contributed by atoms with Crippen LogP contribution in [-0.2, 0) is 4.79 Å². The van der Waals surface area contributed by atoms with Crippen LogP contribution in [0.3, 0.4) is 0 Å². The van der Waals surface area contributed by atoms with E-state index >= 15 is 0 Å². The summed E-state index contributed by atoms with van der Waals surface area (Å²) in [6.45, 7) is 5.19. The summed E-state index contributed by atoms with van der Waals surface area (Å²) in [7, 11) is 3.94. The van der Waals surface area contributed by atoms with Gasteiger partial charge in [0.05, 0.1) is 15.2 Å². The molecule has 1 heterocycles. The lowest BCUT2D eigenvalue weighted by atomic mass is 10.1. The van der Waals surface area contributed by atoms with Gasteiger partial charge in [0.2, 0.25) is 0 Å². The van der Waals surface area contributed by atoms with E-state index in [4.69, 9.17) is 32.9 Å². The molecule has 1 amide bonds. The summed E-state index contributed by atoms with van der Waals surface area (Å²) in [6.07, 6.45) is 0. The van der Waals surface area contributed by atoms with Crippen LogP contribution < -0.4 is 9.64 Å². The predicted molar refractivity (Wildman–Crippen MR) is 129 cm³/mol. The van der Waals surface area contributed by atoms with Crippen molar-refractivity contribution in [1.82, 2.24) is 9.88 Å². The Bertz CT molecular complexity index is 1040. The van der Waals surface area contributed by atoms with Gasteiger partial charge in [-0.2, -0.15) is 0 Å². The molecule has 0 saturated carbocycles. The number of fused-ring (bicyclic) bond motifs is 1. The summed E-state index contributed by atoms with van der Waals surface area (Å²) in [5, 5.41) is 1.56. The Labute approximate surface area is 197 Å². The van der Waals surface area contributed by atoms with Gasteiger partial charge in [0.25, 0.3) is 5.91 Å². The Kier molecular flexibility index (Phi) is 8.76. The third kappa shape index (κ3) is 5.99. The average molecular weight is 489 g/mol. The van der Waals surface area contributed by atoms with Crippen LogP contribution in [-0.4, -0.2) is 49.6 Å². The lowest BCUT2D eigenvalue weighted by Gasteiger charge is -2.22. The highest BCUT2D eigenvalue weighted by molar-refractivity contribution is 7.22. The first-order valence-corrected chi connectivity index (χ1v) is 10.7. The highest BCUT2D eigenvalue weighted by Gasteiger charge is 2.21. The van der Waals surface area contributed by atoms with Crippen molar-refractivity contribution in [2.24, 2.45) is 0 Å². The number of hydrogen-bond donors (Lipinski definition) is 0. The maximum absolute atomic E-state index is 13.0. The summed E-state index contributed by atoms with van der Waals surface area (Å²) in [6, 6.07) is 9.12. The molecule has 0 fully saturated rings. The number of nitrogens with zero attached hydrogens (tertiary/aromatic N) is 3. The van der Waals surface area contributed by atoms with Crippen LogP contribution in [0.4, 0.5) is 5.13 Å². The van der Waals surface area contributed by atoms with E-state index in [0.717, 1.165) is 15.8 Å². The van der Waals surface area contributed by atoms with Gasteiger partial charge in [0.15, 0.2) is 11.7 Å². The van der Waals surface area contributed by atoms with Crippen LogP contribution in [0, 0.1) is 13.8 Å². The maximum Gasteiger partial charge on any atom is 0.266 e. The molecule has 0 saturated heterocycles. The maximum atomic E-state index is 13.0. The zero-order chi connectivity index (χ0) is 21.1. The highest BCUT2D eigenvalue weighted by Crippen LogP contribution is 2.32. The molecule has 0 N–H and O–H groups in total. The van der Waals surface area contributed by atoms with Gasteiger partial charge in [-0.3, -0.25) is 9.69 Å². The van der Waals surface area contributed by atoms with E-state index in [1.807, 2.05) is 25.9 Å². The molecule has 3 rings (SSSR count). The van der Waals surface area contributed by atoms with Crippen molar-refractivity contribution in [3.05, 3.63) is 51.5 Å². The molecule has 3 aromatic rings. The number of benzene rings is 2. The zero-order valence-electron chi connectivity index (χ0n) is 17.2. The fraction of sp³-hybridized carbons (Fsp3) is 0.333. The smallest absolute Gasteiger partial charge is 0.266 e. The van der Waals surface area contributed by atoms with Crippen molar-refractivity contribution in [3.63, 3.8) is 0 Å². The van der Waals surface area contributed by atoms with Crippen molar-refractivity contribution >= 4 is 68.2 Å². The van der Waals surface area contributed by atoms with E-state index in [0.29, 0.717) is 34.0 Å². The van der Waals surface area contributed by atoms with Crippen molar-refractivity contribution in [2.45, 2.75) is 13.8 Å². The van der Waals surface area contributed by atoms with E-state index in [1.165, 1.54) is 16.9 Å². The number of amides is 1. The molecule has 0 unspecified atom stereocenters. The number of rotatable bonds is 7. The van der Waals surface area contributed by atoms with Gasteiger partial charge in [0.1, 0.15) is 5.75 Å². The number of carbonyl (C=O) groups is 1. The number of thiazole rings is 1. The molecule has 30 heavy (non-hydrogen) atoms. The van der Waals surface area contributed by atoms with E-state index < -0.39 is 0 Å². The minimum absolute atomic E-state index is 0. The van der Waals surface area contributed by atoms with Crippen LogP contribution in [0.25, 0.3) is 10.2 Å². The molecule has 0 atom stereocenters. The van der Waals surface area contributed by atoms with Crippen LogP contribution >= 0.6 is 46.9 Å². The Balaban J connectivity index is 0.00000320. The van der Waals surface area contributed by atoms with Crippen molar-refractivity contribution < 1.29 is 9.53 Å². The molecule has 2 aromatic carbocycles. The topological polar surface area (TPSA) is 45.7 Å². The monoisotopic (exact) mass is 487 g/mol. The van der Waals surface area contributed by atoms with E-state index in [-0.39, 0.29) is 24.9 Å². The molecule has 9 heteroatoms. The SMILES string of the molecule is Cc1cc(C)c2nc(N(CCN(C)C)C(=O)COc3ccc(Cl)cc3Cl)sc2c1.Cl. The second-order valence-electron chi connectivity index (χ2n) is 7.14. The zero-order valence-corrected chi connectivity index (χ0v) is 20.4. The third-order valence-electron chi connectivity index (χ3n) is 4.37. The molecule has 162 valence electrons. The van der Waals surface area contributed by atoms with Gasteiger partial charge in [-0.1, -0.05) is 40.6 Å². The quantitative estimate of drug-likeness (QED) is 0.433. The number of hydrogen-bond acceptors (Lipinski definition) is 5. The fourth-order valence-electron chi connectivity index (χ4n) is 2.91. The average Bonchev–Trinajstić information content (AvgIpc) is 3.04. The van der Waals surface area contributed by atoms with Gasteiger partial charge in [-0.15, -0.1) is 12.4 Å². The van der Waals surface area contributed by atoms with Gasteiger partial charge in [0, 0.05) is 18.1 Å². The minimum atomic E-state index is -0.175. The van der Waals surface area contributed by atoms with Crippen molar-refractivity contribution in [1.29, 1.82) is 0 Å². The first-order valence-electron chi connectivity index (χ1n) is 9.15. The van der Waals surface area contributed by atoms with E-state index in [9.17, 15) is 4.79 Å². The Morgan fingerprint density at radius 2 is 1.87 bits per heavy atom. The van der Waals surface area contributed by atoms with Gasteiger partial charge in [-0.05, 0) is 63.3 Å². The molecule has 0 bridgehead atoms. The molecular formula is C21H24Cl3N3O2S. The first kappa shape index (κ1) is 24.7. The molecule has 0 aliphatic heterocycles. The molecule has 0 aliphatic rings. The first-order chi connectivity index (χ1) is 13.7. The number of likely N-dealkylation sites (N-methyl/N-ethyl adjacent to an activating group) is 1. The number of aryl methyl sites for hydroxylation is 2. The largest absolute Gasteiger partial charge is 0.482 e. The van der Waals surface area contributed by atoms with Gasteiger partial charge < -0.3 is 9.64 Å². The minimum Gasteiger partial charge on any atom is -0.482 e.